The van der Waals surface area contributed by atoms with Crippen molar-refractivity contribution in [1.82, 2.24) is 0 Å². The molecule has 0 radical (unpaired) electrons. The summed E-state index contributed by atoms with van der Waals surface area (Å²) < 4.78 is 20.2. The monoisotopic (exact) mass is 168 g/mol. The fourth-order valence-corrected chi connectivity index (χ4v) is 0.888. The minimum absolute atomic E-state index is 0.0433. The molecule has 1 N–H and O–H groups in total. The van der Waals surface area contributed by atoms with Gasteiger partial charge in [-0.1, -0.05) is 0 Å². The smallest absolute Gasteiger partial charge is 0.327 e. The second-order valence-electron chi connectivity index (χ2n) is 2.10. The van der Waals surface area contributed by atoms with Gasteiger partial charge in [0.2, 0.25) is 0 Å². The van der Waals surface area contributed by atoms with E-state index in [-0.39, 0.29) is 6.61 Å². The highest BCUT2D eigenvalue weighted by molar-refractivity contribution is 7.52. The predicted octanol–water partition coefficient (Wildman–Crippen LogP) is 0.853. The maximum absolute atomic E-state index is 10.9. The maximum Gasteiger partial charge on any atom is 0.327 e. The number of rotatable bonds is 4. The molecule has 0 heterocycles. The molecule has 0 saturated carbocycles. The minimum atomic E-state index is -2.89. The standard InChI is InChI=1S/C5H13O4P/c1-5(6)4-9-10(3,7)8-2/h5-6H,4H2,1-3H3. The fourth-order valence-electron chi connectivity index (χ4n) is 0.296. The Morgan fingerprint density at radius 2 is 2.20 bits per heavy atom. The quantitative estimate of drug-likeness (QED) is 0.632. The van der Waals surface area contributed by atoms with Crippen molar-refractivity contribution in [3.63, 3.8) is 0 Å². The second kappa shape index (κ2) is 4.09. The molecule has 0 aromatic heterocycles. The SMILES string of the molecule is COP(C)(=O)OCC(C)O. The summed E-state index contributed by atoms with van der Waals surface area (Å²) in [5.41, 5.74) is 0. The van der Waals surface area contributed by atoms with E-state index < -0.39 is 13.7 Å². The van der Waals surface area contributed by atoms with E-state index in [0.717, 1.165) is 0 Å². The van der Waals surface area contributed by atoms with Gasteiger partial charge in [-0.05, 0) is 6.92 Å². The van der Waals surface area contributed by atoms with E-state index in [9.17, 15) is 4.57 Å². The summed E-state index contributed by atoms with van der Waals surface area (Å²) in [4.78, 5) is 0. The van der Waals surface area contributed by atoms with Crippen molar-refractivity contribution in [3.8, 4) is 0 Å². The molecular weight excluding hydrogens is 155 g/mol. The summed E-state index contributed by atoms with van der Waals surface area (Å²) in [6, 6.07) is 0. The van der Waals surface area contributed by atoms with Gasteiger partial charge in [-0.3, -0.25) is 4.57 Å². The molecule has 5 heteroatoms. The normalized spacial score (nSPS) is 20.0. The second-order valence-corrected chi connectivity index (χ2v) is 4.26. The van der Waals surface area contributed by atoms with Crippen LogP contribution in [0.1, 0.15) is 6.92 Å². The van der Waals surface area contributed by atoms with Crippen molar-refractivity contribution in [2.24, 2.45) is 0 Å². The fraction of sp³-hybridized carbons (Fsp3) is 1.00. The Bertz CT molecular complexity index is 134. The lowest BCUT2D eigenvalue weighted by Crippen LogP contribution is -2.09. The lowest BCUT2D eigenvalue weighted by molar-refractivity contribution is 0.111. The number of aliphatic hydroxyl groups excluding tert-OH is 1. The molecule has 4 nitrogen and oxygen atoms in total. The summed E-state index contributed by atoms with van der Waals surface area (Å²) in [5, 5.41) is 8.71. The molecule has 0 aromatic carbocycles. The third kappa shape index (κ3) is 4.94. The molecule has 0 spiro atoms. The Morgan fingerprint density at radius 1 is 1.70 bits per heavy atom. The zero-order valence-corrected chi connectivity index (χ0v) is 7.30. The van der Waals surface area contributed by atoms with Gasteiger partial charge in [0.05, 0.1) is 12.7 Å². The Morgan fingerprint density at radius 3 is 2.50 bits per heavy atom. The third-order valence-electron chi connectivity index (χ3n) is 0.882. The van der Waals surface area contributed by atoms with Gasteiger partial charge in [-0.15, -0.1) is 0 Å². The van der Waals surface area contributed by atoms with E-state index >= 15 is 0 Å². The van der Waals surface area contributed by atoms with Crippen LogP contribution in [0.25, 0.3) is 0 Å². The van der Waals surface area contributed by atoms with Crippen molar-refractivity contribution in [1.29, 1.82) is 0 Å². The summed E-state index contributed by atoms with van der Waals surface area (Å²) in [6.45, 7) is 2.95. The molecule has 0 saturated heterocycles. The molecule has 0 aliphatic rings. The van der Waals surface area contributed by atoms with E-state index in [1.807, 2.05) is 0 Å². The topological polar surface area (TPSA) is 55.8 Å². The molecule has 0 amide bonds. The lowest BCUT2D eigenvalue weighted by atomic mass is 10.5. The van der Waals surface area contributed by atoms with Crippen LogP contribution in [-0.2, 0) is 13.6 Å². The van der Waals surface area contributed by atoms with Crippen molar-refractivity contribution < 1.29 is 18.7 Å². The van der Waals surface area contributed by atoms with Gasteiger partial charge in [0.1, 0.15) is 0 Å². The van der Waals surface area contributed by atoms with Crippen molar-refractivity contribution >= 4 is 7.60 Å². The first-order valence-electron chi connectivity index (χ1n) is 2.94. The predicted molar refractivity (Wildman–Crippen MR) is 38.2 cm³/mol. The van der Waals surface area contributed by atoms with Gasteiger partial charge in [0.15, 0.2) is 0 Å². The number of hydrogen-bond acceptors (Lipinski definition) is 4. The average Bonchev–Trinajstić information content (AvgIpc) is 1.85. The summed E-state index contributed by atoms with van der Waals surface area (Å²) in [5.74, 6) is 0. The molecule has 0 rings (SSSR count). The van der Waals surface area contributed by atoms with Crippen LogP contribution in [0, 0.1) is 0 Å². The first kappa shape index (κ1) is 10.1. The summed E-state index contributed by atoms with van der Waals surface area (Å²) >= 11 is 0. The van der Waals surface area contributed by atoms with Crippen LogP contribution in [0.5, 0.6) is 0 Å². The molecule has 0 bridgehead atoms. The minimum Gasteiger partial charge on any atom is -0.391 e. The molecule has 62 valence electrons. The average molecular weight is 168 g/mol. The van der Waals surface area contributed by atoms with E-state index in [4.69, 9.17) is 9.63 Å². The molecular formula is C5H13O4P. The van der Waals surface area contributed by atoms with E-state index in [1.54, 1.807) is 6.92 Å². The van der Waals surface area contributed by atoms with Gasteiger partial charge in [0, 0.05) is 13.8 Å². The van der Waals surface area contributed by atoms with Crippen LogP contribution < -0.4 is 0 Å². The largest absolute Gasteiger partial charge is 0.391 e. The van der Waals surface area contributed by atoms with E-state index in [0.29, 0.717) is 0 Å². The van der Waals surface area contributed by atoms with Crippen LogP contribution in [-0.4, -0.2) is 31.6 Å². The molecule has 10 heavy (non-hydrogen) atoms. The van der Waals surface area contributed by atoms with Crippen molar-refractivity contribution in [2.45, 2.75) is 13.0 Å². The van der Waals surface area contributed by atoms with Crippen LogP contribution in [0.3, 0.4) is 0 Å². The first-order chi connectivity index (χ1) is 4.48. The van der Waals surface area contributed by atoms with Crippen LogP contribution in [0.15, 0.2) is 0 Å². The summed E-state index contributed by atoms with van der Waals surface area (Å²) in [6.07, 6.45) is -0.608. The Labute approximate surface area is 60.7 Å². The molecule has 0 fully saturated rings. The van der Waals surface area contributed by atoms with Crippen LogP contribution >= 0.6 is 7.60 Å². The van der Waals surface area contributed by atoms with Gasteiger partial charge in [-0.25, -0.2) is 0 Å². The van der Waals surface area contributed by atoms with Gasteiger partial charge in [-0.2, -0.15) is 0 Å². The lowest BCUT2D eigenvalue weighted by Gasteiger charge is -2.11. The zero-order valence-electron chi connectivity index (χ0n) is 6.40. The molecule has 2 unspecified atom stereocenters. The molecule has 2 atom stereocenters. The molecule has 0 aromatic rings. The van der Waals surface area contributed by atoms with Crippen molar-refractivity contribution in [2.75, 3.05) is 20.4 Å². The third-order valence-corrected chi connectivity index (χ3v) is 2.16. The maximum atomic E-state index is 10.9. The zero-order chi connectivity index (χ0) is 8.20. The number of aliphatic hydroxyl groups is 1. The van der Waals surface area contributed by atoms with Crippen LogP contribution in [0.4, 0.5) is 0 Å². The van der Waals surface area contributed by atoms with Crippen molar-refractivity contribution in [3.05, 3.63) is 0 Å². The Balaban J connectivity index is 3.58. The Kier molecular flexibility index (Phi) is 4.13. The first-order valence-corrected chi connectivity index (χ1v) is 4.93. The van der Waals surface area contributed by atoms with Gasteiger partial charge >= 0.3 is 7.60 Å². The Hall–Kier alpha value is 0.110. The highest BCUT2D eigenvalue weighted by Crippen LogP contribution is 2.42. The van der Waals surface area contributed by atoms with E-state index in [1.165, 1.54) is 13.8 Å². The molecule has 0 aliphatic heterocycles. The number of hydrogen-bond donors (Lipinski definition) is 1. The van der Waals surface area contributed by atoms with Gasteiger partial charge < -0.3 is 14.2 Å². The van der Waals surface area contributed by atoms with E-state index in [2.05, 4.69) is 4.52 Å². The summed E-state index contributed by atoms with van der Waals surface area (Å²) in [7, 11) is -1.58. The highest BCUT2D eigenvalue weighted by atomic mass is 31.2. The van der Waals surface area contributed by atoms with Crippen LogP contribution in [0.2, 0.25) is 0 Å². The van der Waals surface area contributed by atoms with Gasteiger partial charge in [0.25, 0.3) is 0 Å². The molecule has 0 aliphatic carbocycles. The highest BCUT2D eigenvalue weighted by Gasteiger charge is 2.14.